The van der Waals surface area contributed by atoms with E-state index in [0.29, 0.717) is 16.1 Å². The van der Waals surface area contributed by atoms with Gasteiger partial charge in [0.05, 0.1) is 16.9 Å². The molecule has 0 unspecified atom stereocenters. The fourth-order valence-electron chi connectivity index (χ4n) is 1.84. The van der Waals surface area contributed by atoms with E-state index >= 15 is 0 Å². The second kappa shape index (κ2) is 3.89. The molecule has 0 radical (unpaired) electrons. The highest BCUT2D eigenvalue weighted by Crippen LogP contribution is 2.40. The third kappa shape index (κ3) is 2.34. The van der Waals surface area contributed by atoms with Crippen LogP contribution in [0.1, 0.15) is 26.2 Å². The van der Waals surface area contributed by atoms with Crippen molar-refractivity contribution < 1.29 is 0 Å². The van der Waals surface area contributed by atoms with Gasteiger partial charge < -0.3 is 11.1 Å². The molecule has 0 saturated heterocycles. The van der Waals surface area contributed by atoms with Crippen LogP contribution < -0.4 is 11.1 Å². The molecular weight excluding hydrogens is 210 g/mol. The van der Waals surface area contributed by atoms with Gasteiger partial charge in [-0.3, -0.25) is 0 Å². The monoisotopic (exact) mass is 225 g/mol. The van der Waals surface area contributed by atoms with Gasteiger partial charge in [-0.25, -0.2) is 4.98 Å². The molecule has 1 saturated carbocycles. The van der Waals surface area contributed by atoms with E-state index in [9.17, 15) is 0 Å². The number of nitrogens with zero attached hydrogens (tertiary/aromatic N) is 1. The van der Waals surface area contributed by atoms with E-state index in [1.807, 2.05) is 0 Å². The molecule has 4 heteroatoms. The SMILES string of the molecule is CC1(CNc2ncc(N)cc2Cl)CCC1. The lowest BCUT2D eigenvalue weighted by Crippen LogP contribution is -2.33. The molecule has 0 bridgehead atoms. The highest BCUT2D eigenvalue weighted by atomic mass is 35.5. The Kier molecular flexibility index (Phi) is 2.74. The summed E-state index contributed by atoms with van der Waals surface area (Å²) in [6, 6.07) is 1.72. The van der Waals surface area contributed by atoms with Crippen molar-refractivity contribution in [2.75, 3.05) is 17.6 Å². The Morgan fingerprint density at radius 3 is 2.87 bits per heavy atom. The lowest BCUT2D eigenvalue weighted by atomic mass is 9.70. The molecule has 1 aliphatic carbocycles. The summed E-state index contributed by atoms with van der Waals surface area (Å²) >= 11 is 6.01. The van der Waals surface area contributed by atoms with E-state index in [-0.39, 0.29) is 0 Å². The van der Waals surface area contributed by atoms with E-state index in [0.717, 1.165) is 12.4 Å². The zero-order valence-electron chi connectivity index (χ0n) is 8.89. The van der Waals surface area contributed by atoms with Gasteiger partial charge in [0.15, 0.2) is 0 Å². The fraction of sp³-hybridized carbons (Fsp3) is 0.545. The molecule has 1 heterocycles. The van der Waals surface area contributed by atoms with Crippen LogP contribution in [0.2, 0.25) is 5.02 Å². The minimum absolute atomic E-state index is 0.423. The number of hydrogen-bond acceptors (Lipinski definition) is 3. The van der Waals surface area contributed by atoms with Crippen molar-refractivity contribution in [3.8, 4) is 0 Å². The Morgan fingerprint density at radius 2 is 2.33 bits per heavy atom. The van der Waals surface area contributed by atoms with Gasteiger partial charge in [0.1, 0.15) is 5.82 Å². The molecule has 0 spiro atoms. The van der Waals surface area contributed by atoms with Crippen molar-refractivity contribution in [1.82, 2.24) is 4.98 Å². The number of halogens is 1. The van der Waals surface area contributed by atoms with Crippen LogP contribution in [0.15, 0.2) is 12.3 Å². The van der Waals surface area contributed by atoms with Crippen molar-refractivity contribution >= 4 is 23.1 Å². The minimum atomic E-state index is 0.423. The Balaban J connectivity index is 1.98. The van der Waals surface area contributed by atoms with Crippen molar-refractivity contribution in [1.29, 1.82) is 0 Å². The molecule has 3 N–H and O–H groups in total. The summed E-state index contributed by atoms with van der Waals surface area (Å²) in [5.74, 6) is 0.735. The first-order valence-electron chi connectivity index (χ1n) is 5.24. The second-order valence-electron chi connectivity index (χ2n) is 4.62. The number of nitrogens with two attached hydrogens (primary N) is 1. The smallest absolute Gasteiger partial charge is 0.144 e. The van der Waals surface area contributed by atoms with Gasteiger partial charge in [-0.05, 0) is 24.3 Å². The van der Waals surface area contributed by atoms with Crippen LogP contribution in [-0.4, -0.2) is 11.5 Å². The van der Waals surface area contributed by atoms with Crippen LogP contribution in [0, 0.1) is 5.41 Å². The number of nitrogen functional groups attached to an aromatic ring is 1. The lowest BCUT2D eigenvalue weighted by Gasteiger charge is -2.38. The number of rotatable bonds is 3. The maximum atomic E-state index is 6.01. The van der Waals surface area contributed by atoms with E-state index in [1.54, 1.807) is 12.3 Å². The summed E-state index contributed by atoms with van der Waals surface area (Å²) in [4.78, 5) is 4.17. The van der Waals surface area contributed by atoms with Gasteiger partial charge in [-0.15, -0.1) is 0 Å². The number of hydrogen-bond donors (Lipinski definition) is 2. The van der Waals surface area contributed by atoms with Gasteiger partial charge in [0.2, 0.25) is 0 Å². The van der Waals surface area contributed by atoms with Crippen LogP contribution in [0.3, 0.4) is 0 Å². The molecule has 15 heavy (non-hydrogen) atoms. The summed E-state index contributed by atoms with van der Waals surface area (Å²) in [5.41, 5.74) is 6.59. The van der Waals surface area contributed by atoms with Crippen LogP contribution in [-0.2, 0) is 0 Å². The van der Waals surface area contributed by atoms with Crippen LogP contribution in [0.25, 0.3) is 0 Å². The number of pyridine rings is 1. The molecule has 0 aromatic carbocycles. The van der Waals surface area contributed by atoms with Gasteiger partial charge in [-0.1, -0.05) is 24.9 Å². The predicted molar refractivity (Wildman–Crippen MR) is 64.1 cm³/mol. The topological polar surface area (TPSA) is 50.9 Å². The Labute approximate surface area is 95.0 Å². The minimum Gasteiger partial charge on any atom is -0.397 e. The van der Waals surface area contributed by atoms with E-state index in [4.69, 9.17) is 17.3 Å². The molecule has 0 amide bonds. The van der Waals surface area contributed by atoms with Gasteiger partial charge in [0, 0.05) is 6.54 Å². The molecular formula is C11H16ClN3. The first-order chi connectivity index (χ1) is 7.09. The average Bonchev–Trinajstić information content (AvgIpc) is 2.14. The summed E-state index contributed by atoms with van der Waals surface area (Å²) in [7, 11) is 0. The van der Waals surface area contributed by atoms with Crippen molar-refractivity contribution in [3.63, 3.8) is 0 Å². The van der Waals surface area contributed by atoms with Gasteiger partial charge in [0.25, 0.3) is 0 Å². The van der Waals surface area contributed by atoms with Crippen LogP contribution in [0.5, 0.6) is 0 Å². The van der Waals surface area contributed by atoms with E-state index in [1.165, 1.54) is 19.3 Å². The summed E-state index contributed by atoms with van der Waals surface area (Å²) < 4.78 is 0. The lowest BCUT2D eigenvalue weighted by molar-refractivity contribution is 0.180. The molecule has 3 nitrogen and oxygen atoms in total. The quantitative estimate of drug-likeness (QED) is 0.832. The molecule has 82 valence electrons. The maximum absolute atomic E-state index is 6.01. The van der Waals surface area contributed by atoms with Crippen LogP contribution in [0.4, 0.5) is 11.5 Å². The normalized spacial score (nSPS) is 18.3. The summed E-state index contributed by atoms with van der Waals surface area (Å²) in [6.45, 7) is 3.22. The zero-order chi connectivity index (χ0) is 10.9. The predicted octanol–water partition coefficient (Wildman–Crippen LogP) is 2.92. The Morgan fingerprint density at radius 1 is 1.60 bits per heavy atom. The molecule has 0 atom stereocenters. The largest absolute Gasteiger partial charge is 0.397 e. The Hall–Kier alpha value is -0.960. The van der Waals surface area contributed by atoms with Crippen molar-refractivity contribution in [2.45, 2.75) is 26.2 Å². The summed E-state index contributed by atoms with van der Waals surface area (Å²) in [5, 5.41) is 3.88. The third-order valence-electron chi connectivity index (χ3n) is 3.11. The fourth-order valence-corrected chi connectivity index (χ4v) is 2.08. The highest BCUT2D eigenvalue weighted by Gasteiger charge is 2.31. The molecule has 2 rings (SSSR count). The number of aromatic nitrogens is 1. The third-order valence-corrected chi connectivity index (χ3v) is 3.39. The number of nitrogens with one attached hydrogen (secondary N) is 1. The first kappa shape index (κ1) is 10.6. The van der Waals surface area contributed by atoms with Crippen molar-refractivity contribution in [3.05, 3.63) is 17.3 Å². The second-order valence-corrected chi connectivity index (χ2v) is 5.02. The molecule has 1 fully saturated rings. The molecule has 0 aliphatic heterocycles. The highest BCUT2D eigenvalue weighted by molar-refractivity contribution is 6.33. The van der Waals surface area contributed by atoms with Gasteiger partial charge >= 0.3 is 0 Å². The van der Waals surface area contributed by atoms with E-state index in [2.05, 4.69) is 17.2 Å². The van der Waals surface area contributed by atoms with E-state index < -0.39 is 0 Å². The molecule has 1 aromatic rings. The average molecular weight is 226 g/mol. The molecule has 1 aromatic heterocycles. The van der Waals surface area contributed by atoms with Gasteiger partial charge in [-0.2, -0.15) is 0 Å². The number of anilines is 2. The first-order valence-corrected chi connectivity index (χ1v) is 5.62. The zero-order valence-corrected chi connectivity index (χ0v) is 9.64. The standard InChI is InChI=1S/C11H16ClN3/c1-11(3-2-4-11)7-15-10-9(12)5-8(13)6-14-10/h5-6H,2-4,7,13H2,1H3,(H,14,15). The van der Waals surface area contributed by atoms with Crippen LogP contribution >= 0.6 is 11.6 Å². The maximum Gasteiger partial charge on any atom is 0.144 e. The van der Waals surface area contributed by atoms with Crippen molar-refractivity contribution in [2.24, 2.45) is 5.41 Å². The summed E-state index contributed by atoms with van der Waals surface area (Å²) in [6.07, 6.45) is 5.53. The Bertz CT molecular complexity index is 361. The molecule has 1 aliphatic rings.